The van der Waals surface area contributed by atoms with E-state index in [0.717, 1.165) is 13.0 Å². The molecule has 0 aliphatic carbocycles. The van der Waals surface area contributed by atoms with E-state index in [1.165, 1.54) is 44.9 Å². The van der Waals surface area contributed by atoms with E-state index >= 15 is 0 Å². The van der Waals surface area contributed by atoms with Crippen LogP contribution in [0.2, 0.25) is 0 Å². The second kappa shape index (κ2) is 9.13. The summed E-state index contributed by atoms with van der Waals surface area (Å²) in [5.41, 5.74) is 0.322. The Bertz CT molecular complexity index is 280. The minimum atomic E-state index is 0.322. The van der Waals surface area contributed by atoms with Crippen molar-refractivity contribution in [3.8, 4) is 0 Å². The van der Waals surface area contributed by atoms with Crippen LogP contribution < -0.4 is 0 Å². The fourth-order valence-electron chi connectivity index (χ4n) is 2.78. The summed E-state index contributed by atoms with van der Waals surface area (Å²) in [5.74, 6) is 0. The highest BCUT2D eigenvalue weighted by atomic mass is 14.7. The molecular formula is C17H29N. The molecule has 0 saturated heterocycles. The van der Waals surface area contributed by atoms with Gasteiger partial charge in [0.1, 0.15) is 0 Å². The molecule has 1 heteroatoms. The number of nitrogens with zero attached hydrogens (tertiary/aromatic N) is 1. The third kappa shape index (κ3) is 5.66. The Morgan fingerprint density at radius 3 is 2.17 bits per heavy atom. The SMILES string of the molecule is CCCC1(CCC)C=NCCC=CCCC=CC1. The van der Waals surface area contributed by atoms with E-state index in [0.29, 0.717) is 5.41 Å². The molecule has 1 heterocycles. The maximum atomic E-state index is 4.69. The molecule has 18 heavy (non-hydrogen) atoms. The van der Waals surface area contributed by atoms with Gasteiger partial charge >= 0.3 is 0 Å². The van der Waals surface area contributed by atoms with Gasteiger partial charge in [-0.2, -0.15) is 0 Å². The van der Waals surface area contributed by atoms with Crippen LogP contribution >= 0.6 is 0 Å². The molecular weight excluding hydrogens is 218 g/mol. The minimum Gasteiger partial charge on any atom is -0.297 e. The van der Waals surface area contributed by atoms with Crippen molar-refractivity contribution in [3.63, 3.8) is 0 Å². The van der Waals surface area contributed by atoms with Crippen LogP contribution in [0.3, 0.4) is 0 Å². The summed E-state index contributed by atoms with van der Waals surface area (Å²) in [4.78, 5) is 4.69. The third-order valence-electron chi connectivity index (χ3n) is 3.64. The average molecular weight is 247 g/mol. The molecule has 0 aromatic heterocycles. The van der Waals surface area contributed by atoms with Gasteiger partial charge in [-0.1, -0.05) is 51.0 Å². The summed E-state index contributed by atoms with van der Waals surface area (Å²) < 4.78 is 0. The molecule has 0 radical (unpaired) electrons. The van der Waals surface area contributed by atoms with Gasteiger partial charge in [0.05, 0.1) is 0 Å². The lowest BCUT2D eigenvalue weighted by molar-refractivity contribution is 0.359. The second-order valence-corrected chi connectivity index (χ2v) is 5.41. The van der Waals surface area contributed by atoms with Crippen LogP contribution in [0.5, 0.6) is 0 Å². The molecule has 0 N–H and O–H groups in total. The maximum Gasteiger partial charge on any atom is 0.0420 e. The van der Waals surface area contributed by atoms with Crippen molar-refractivity contribution in [1.82, 2.24) is 0 Å². The summed E-state index contributed by atoms with van der Waals surface area (Å²) in [7, 11) is 0. The number of rotatable bonds is 4. The van der Waals surface area contributed by atoms with Crippen LogP contribution in [0.1, 0.15) is 65.2 Å². The Morgan fingerprint density at radius 1 is 0.889 bits per heavy atom. The van der Waals surface area contributed by atoms with Crippen LogP contribution in [0.25, 0.3) is 0 Å². The number of allylic oxidation sites excluding steroid dienone is 3. The van der Waals surface area contributed by atoms with Crippen molar-refractivity contribution in [1.29, 1.82) is 0 Å². The fourth-order valence-corrected chi connectivity index (χ4v) is 2.78. The van der Waals surface area contributed by atoms with Gasteiger partial charge in [-0.05, 0) is 38.5 Å². The van der Waals surface area contributed by atoms with Crippen molar-refractivity contribution in [2.75, 3.05) is 6.54 Å². The lowest BCUT2D eigenvalue weighted by Gasteiger charge is -2.28. The highest BCUT2D eigenvalue weighted by Crippen LogP contribution is 2.32. The Kier molecular flexibility index (Phi) is 7.71. The zero-order valence-electron chi connectivity index (χ0n) is 12.2. The van der Waals surface area contributed by atoms with Gasteiger partial charge < -0.3 is 0 Å². The topological polar surface area (TPSA) is 12.4 Å². The van der Waals surface area contributed by atoms with Gasteiger partial charge in [0.2, 0.25) is 0 Å². The first-order chi connectivity index (χ1) is 8.83. The number of hydrogen-bond acceptors (Lipinski definition) is 1. The predicted octanol–water partition coefficient (Wildman–Crippen LogP) is 5.33. The number of aliphatic imine (C=N–C) groups is 1. The fraction of sp³-hybridized carbons (Fsp3) is 0.706. The Balaban J connectivity index is 2.76. The summed E-state index contributed by atoms with van der Waals surface area (Å²) in [6.45, 7) is 5.52. The van der Waals surface area contributed by atoms with Crippen LogP contribution in [-0.4, -0.2) is 12.8 Å². The molecule has 0 fully saturated rings. The molecule has 1 rings (SSSR count). The van der Waals surface area contributed by atoms with Gasteiger partial charge in [0.15, 0.2) is 0 Å². The van der Waals surface area contributed by atoms with Crippen LogP contribution in [-0.2, 0) is 0 Å². The quantitative estimate of drug-likeness (QED) is 0.595. The lowest BCUT2D eigenvalue weighted by Crippen LogP contribution is -2.22. The Morgan fingerprint density at radius 2 is 1.50 bits per heavy atom. The standard InChI is InChI=1S/C17H29N/c1-3-12-17(13-4-2)14-10-8-6-5-7-9-11-15-18-16-17/h7-10,16H,3-6,11-15H2,1-2H3. The summed E-state index contributed by atoms with van der Waals surface area (Å²) in [6.07, 6.45) is 21.2. The zero-order chi connectivity index (χ0) is 13.1. The molecule has 1 aliphatic heterocycles. The van der Waals surface area contributed by atoms with E-state index in [-0.39, 0.29) is 0 Å². The molecule has 1 nitrogen and oxygen atoms in total. The monoisotopic (exact) mass is 247 g/mol. The molecule has 0 aromatic carbocycles. The Hall–Kier alpha value is -0.850. The Labute approximate surface area is 113 Å². The van der Waals surface area contributed by atoms with E-state index in [2.05, 4.69) is 49.4 Å². The first-order valence-electron chi connectivity index (χ1n) is 7.64. The molecule has 0 atom stereocenters. The van der Waals surface area contributed by atoms with Gasteiger partial charge in [-0.15, -0.1) is 0 Å². The lowest BCUT2D eigenvalue weighted by atomic mass is 9.77. The normalized spacial score (nSPS) is 20.3. The van der Waals surface area contributed by atoms with Gasteiger partial charge in [-0.3, -0.25) is 4.99 Å². The highest BCUT2D eigenvalue weighted by Gasteiger charge is 2.24. The van der Waals surface area contributed by atoms with E-state index in [4.69, 9.17) is 0 Å². The number of hydrogen-bond donors (Lipinski definition) is 0. The van der Waals surface area contributed by atoms with Crippen LogP contribution in [0, 0.1) is 5.41 Å². The molecule has 0 unspecified atom stereocenters. The van der Waals surface area contributed by atoms with E-state index in [1.807, 2.05) is 0 Å². The highest BCUT2D eigenvalue weighted by molar-refractivity contribution is 5.66. The predicted molar refractivity (Wildman–Crippen MR) is 82.4 cm³/mol. The van der Waals surface area contributed by atoms with Crippen molar-refractivity contribution in [2.45, 2.75) is 65.2 Å². The first kappa shape index (κ1) is 15.2. The van der Waals surface area contributed by atoms with Crippen molar-refractivity contribution in [2.24, 2.45) is 10.4 Å². The molecule has 0 spiro atoms. The molecule has 0 amide bonds. The van der Waals surface area contributed by atoms with Crippen molar-refractivity contribution in [3.05, 3.63) is 24.3 Å². The summed E-state index contributed by atoms with van der Waals surface area (Å²) in [6, 6.07) is 0. The summed E-state index contributed by atoms with van der Waals surface area (Å²) in [5, 5.41) is 0. The molecule has 0 saturated carbocycles. The first-order valence-corrected chi connectivity index (χ1v) is 7.64. The van der Waals surface area contributed by atoms with Gasteiger partial charge in [-0.25, -0.2) is 0 Å². The summed E-state index contributed by atoms with van der Waals surface area (Å²) >= 11 is 0. The van der Waals surface area contributed by atoms with E-state index < -0.39 is 0 Å². The second-order valence-electron chi connectivity index (χ2n) is 5.41. The molecule has 1 aliphatic rings. The van der Waals surface area contributed by atoms with Gasteiger partial charge in [0, 0.05) is 18.2 Å². The van der Waals surface area contributed by atoms with Crippen molar-refractivity contribution < 1.29 is 0 Å². The van der Waals surface area contributed by atoms with E-state index in [9.17, 15) is 0 Å². The zero-order valence-corrected chi connectivity index (χ0v) is 12.2. The smallest absolute Gasteiger partial charge is 0.0420 e. The van der Waals surface area contributed by atoms with Crippen LogP contribution in [0.4, 0.5) is 0 Å². The van der Waals surface area contributed by atoms with E-state index in [1.54, 1.807) is 0 Å². The molecule has 0 aromatic rings. The van der Waals surface area contributed by atoms with Crippen LogP contribution in [0.15, 0.2) is 29.3 Å². The van der Waals surface area contributed by atoms with Gasteiger partial charge in [0.25, 0.3) is 0 Å². The molecule has 102 valence electrons. The minimum absolute atomic E-state index is 0.322. The maximum absolute atomic E-state index is 4.69. The molecule has 0 bridgehead atoms. The third-order valence-corrected chi connectivity index (χ3v) is 3.64. The van der Waals surface area contributed by atoms with Crippen molar-refractivity contribution >= 4 is 6.21 Å². The average Bonchev–Trinajstić information content (AvgIpc) is 2.34. The largest absolute Gasteiger partial charge is 0.297 e.